The normalized spacial score (nSPS) is 19.4. The summed E-state index contributed by atoms with van der Waals surface area (Å²) in [6, 6.07) is 16.7. The second-order valence-electron chi connectivity index (χ2n) is 8.53. The van der Waals surface area contributed by atoms with Crippen molar-refractivity contribution in [2.45, 2.75) is 38.8 Å². The maximum Gasteiger partial charge on any atom is 0.215 e. The average molecular weight is 443 g/mol. The lowest BCUT2D eigenvalue weighted by molar-refractivity contribution is 0.399. The highest BCUT2D eigenvalue weighted by molar-refractivity contribution is 6.00. The molecule has 2 bridgehead atoms. The molecular formula is C27H30N4O2. The van der Waals surface area contributed by atoms with E-state index < -0.39 is 0 Å². The van der Waals surface area contributed by atoms with E-state index in [1.807, 2.05) is 50.4 Å². The third kappa shape index (κ3) is 3.95. The summed E-state index contributed by atoms with van der Waals surface area (Å²) in [6.07, 6.45) is 4.34. The highest BCUT2D eigenvalue weighted by Gasteiger charge is 2.33. The van der Waals surface area contributed by atoms with Gasteiger partial charge in [-0.15, -0.1) is 0 Å². The number of pyridine rings is 2. The number of aromatic hydroxyl groups is 1. The fourth-order valence-corrected chi connectivity index (χ4v) is 5.09. The Morgan fingerprint density at radius 2 is 1.79 bits per heavy atom. The summed E-state index contributed by atoms with van der Waals surface area (Å²) in [4.78, 5) is 12.0. The van der Waals surface area contributed by atoms with Gasteiger partial charge in [0.2, 0.25) is 5.88 Å². The number of phenolic OH excluding ortho intramolecular Hbond substituents is 1. The van der Waals surface area contributed by atoms with Gasteiger partial charge in [0.25, 0.3) is 0 Å². The quantitative estimate of drug-likeness (QED) is 0.458. The van der Waals surface area contributed by atoms with E-state index in [-0.39, 0.29) is 5.75 Å². The van der Waals surface area contributed by atoms with Gasteiger partial charge in [0.15, 0.2) is 0 Å². The van der Waals surface area contributed by atoms with Crippen LogP contribution in [0, 0.1) is 0 Å². The SMILES string of the molecule is CC.COc1cc(N2CC3CCC(C2)N3)c2ncc(-c3cc(O)cc4ccccc34)cc2n1. The van der Waals surface area contributed by atoms with Crippen LogP contribution < -0.4 is 15.0 Å². The molecule has 2 N–H and O–H groups in total. The smallest absolute Gasteiger partial charge is 0.215 e. The van der Waals surface area contributed by atoms with Crippen molar-refractivity contribution in [3.8, 4) is 22.8 Å². The lowest BCUT2D eigenvalue weighted by Crippen LogP contribution is -2.51. The molecule has 2 saturated heterocycles. The topological polar surface area (TPSA) is 70.5 Å². The van der Waals surface area contributed by atoms with Gasteiger partial charge in [-0.2, -0.15) is 0 Å². The predicted molar refractivity (Wildman–Crippen MR) is 134 cm³/mol. The van der Waals surface area contributed by atoms with Crippen LogP contribution in [0.1, 0.15) is 26.7 Å². The van der Waals surface area contributed by atoms with E-state index in [0.717, 1.165) is 51.7 Å². The van der Waals surface area contributed by atoms with Gasteiger partial charge in [-0.05, 0) is 47.4 Å². The molecule has 33 heavy (non-hydrogen) atoms. The van der Waals surface area contributed by atoms with Crippen LogP contribution in [-0.4, -0.2) is 47.4 Å². The van der Waals surface area contributed by atoms with Crippen molar-refractivity contribution in [1.82, 2.24) is 15.3 Å². The van der Waals surface area contributed by atoms with E-state index >= 15 is 0 Å². The molecule has 2 aromatic carbocycles. The van der Waals surface area contributed by atoms with Crippen molar-refractivity contribution in [2.24, 2.45) is 0 Å². The zero-order valence-corrected chi connectivity index (χ0v) is 19.4. The fourth-order valence-electron chi connectivity index (χ4n) is 5.09. The summed E-state index contributed by atoms with van der Waals surface area (Å²) >= 11 is 0. The van der Waals surface area contributed by atoms with E-state index in [1.54, 1.807) is 19.2 Å². The minimum absolute atomic E-state index is 0.240. The lowest BCUT2D eigenvalue weighted by Gasteiger charge is -2.35. The lowest BCUT2D eigenvalue weighted by atomic mass is 9.98. The largest absolute Gasteiger partial charge is 0.508 e. The molecule has 2 aromatic heterocycles. The first kappa shape index (κ1) is 21.5. The molecule has 0 radical (unpaired) electrons. The Morgan fingerprint density at radius 1 is 1.03 bits per heavy atom. The van der Waals surface area contributed by atoms with E-state index in [1.165, 1.54) is 12.8 Å². The Morgan fingerprint density at radius 3 is 2.55 bits per heavy atom. The number of ether oxygens (including phenoxy) is 1. The number of rotatable bonds is 3. The van der Waals surface area contributed by atoms with Crippen molar-refractivity contribution < 1.29 is 9.84 Å². The number of fused-ring (bicyclic) bond motifs is 4. The van der Waals surface area contributed by atoms with Crippen LogP contribution in [0.3, 0.4) is 0 Å². The van der Waals surface area contributed by atoms with Gasteiger partial charge >= 0.3 is 0 Å². The number of hydrogen-bond acceptors (Lipinski definition) is 6. The van der Waals surface area contributed by atoms with Crippen LogP contribution in [0.15, 0.2) is 54.7 Å². The van der Waals surface area contributed by atoms with Gasteiger partial charge in [-0.1, -0.05) is 38.1 Å². The summed E-state index contributed by atoms with van der Waals surface area (Å²) in [5, 5.41) is 16.0. The minimum atomic E-state index is 0.240. The van der Waals surface area contributed by atoms with Gasteiger partial charge < -0.3 is 20.1 Å². The van der Waals surface area contributed by atoms with Gasteiger partial charge in [0.05, 0.1) is 18.3 Å². The summed E-state index contributed by atoms with van der Waals surface area (Å²) in [6.45, 7) is 5.94. The molecule has 2 fully saturated rings. The molecule has 0 aliphatic carbocycles. The van der Waals surface area contributed by atoms with E-state index in [0.29, 0.717) is 18.0 Å². The highest BCUT2D eigenvalue weighted by atomic mass is 16.5. The van der Waals surface area contributed by atoms with Crippen molar-refractivity contribution in [3.63, 3.8) is 0 Å². The first-order valence-corrected chi connectivity index (χ1v) is 11.8. The molecule has 170 valence electrons. The van der Waals surface area contributed by atoms with Crippen LogP contribution >= 0.6 is 0 Å². The highest BCUT2D eigenvalue weighted by Crippen LogP contribution is 2.36. The molecule has 2 atom stereocenters. The number of methoxy groups -OCH3 is 1. The maximum atomic E-state index is 10.3. The maximum absolute atomic E-state index is 10.3. The van der Waals surface area contributed by atoms with Crippen LogP contribution in [0.4, 0.5) is 5.69 Å². The zero-order chi connectivity index (χ0) is 22.9. The van der Waals surface area contributed by atoms with Gasteiger partial charge in [0.1, 0.15) is 11.3 Å². The molecule has 6 rings (SSSR count). The number of hydrogen-bond donors (Lipinski definition) is 2. The van der Waals surface area contributed by atoms with Crippen LogP contribution in [0.25, 0.3) is 32.9 Å². The van der Waals surface area contributed by atoms with E-state index in [2.05, 4.69) is 16.3 Å². The molecule has 0 saturated carbocycles. The number of benzene rings is 2. The molecule has 4 heterocycles. The van der Waals surface area contributed by atoms with Crippen LogP contribution in [0.2, 0.25) is 0 Å². The molecule has 0 spiro atoms. The summed E-state index contributed by atoms with van der Waals surface area (Å²) < 4.78 is 5.54. The number of phenols is 1. The second kappa shape index (κ2) is 8.87. The van der Waals surface area contributed by atoms with Gasteiger partial charge in [-0.3, -0.25) is 4.98 Å². The first-order valence-electron chi connectivity index (χ1n) is 11.8. The Hall–Kier alpha value is -3.38. The Kier molecular flexibility index (Phi) is 5.77. The Bertz CT molecular complexity index is 1290. The number of aromatic nitrogens is 2. The Balaban J connectivity index is 0.00000111. The summed E-state index contributed by atoms with van der Waals surface area (Å²) in [5.41, 5.74) is 4.62. The number of piperazine rings is 1. The minimum Gasteiger partial charge on any atom is -0.508 e. The zero-order valence-electron chi connectivity index (χ0n) is 19.4. The molecular weight excluding hydrogens is 412 g/mol. The van der Waals surface area contributed by atoms with Gasteiger partial charge in [0, 0.05) is 43.0 Å². The van der Waals surface area contributed by atoms with Gasteiger partial charge in [-0.25, -0.2) is 4.98 Å². The molecule has 2 aliphatic rings. The van der Waals surface area contributed by atoms with Crippen molar-refractivity contribution >= 4 is 27.5 Å². The first-order chi connectivity index (χ1) is 16.2. The number of nitrogens with zero attached hydrogens (tertiary/aromatic N) is 3. The fraction of sp³-hybridized carbons (Fsp3) is 0.333. The van der Waals surface area contributed by atoms with Crippen molar-refractivity contribution in [1.29, 1.82) is 0 Å². The monoisotopic (exact) mass is 442 g/mol. The molecule has 2 aliphatic heterocycles. The second-order valence-corrected chi connectivity index (χ2v) is 8.53. The van der Waals surface area contributed by atoms with Crippen LogP contribution in [-0.2, 0) is 0 Å². The molecule has 0 amide bonds. The molecule has 2 unspecified atom stereocenters. The summed E-state index contributed by atoms with van der Waals surface area (Å²) in [7, 11) is 1.65. The molecule has 6 nitrogen and oxygen atoms in total. The van der Waals surface area contributed by atoms with E-state index in [4.69, 9.17) is 14.7 Å². The van der Waals surface area contributed by atoms with Crippen molar-refractivity contribution in [2.75, 3.05) is 25.1 Å². The Labute approximate surface area is 194 Å². The standard InChI is InChI=1S/C25H24N4O2.C2H6/c1-31-24-11-23(29-13-17-6-7-18(14-29)27-17)25-22(28-24)9-16(12-26-25)21-10-19(30)8-15-4-2-3-5-20(15)21;1-2/h2-5,8-12,17-18,27,30H,6-7,13-14H2,1H3;1-2H3. The number of nitrogens with one attached hydrogen (secondary N) is 1. The van der Waals surface area contributed by atoms with E-state index in [9.17, 15) is 5.11 Å². The van der Waals surface area contributed by atoms with Crippen LogP contribution in [0.5, 0.6) is 11.6 Å². The number of anilines is 1. The average Bonchev–Trinajstić information content (AvgIpc) is 3.20. The third-order valence-electron chi connectivity index (χ3n) is 6.52. The summed E-state index contributed by atoms with van der Waals surface area (Å²) in [5.74, 6) is 0.831. The van der Waals surface area contributed by atoms with Crippen molar-refractivity contribution in [3.05, 3.63) is 54.7 Å². The molecule has 4 aromatic rings. The predicted octanol–water partition coefficient (Wildman–Crippen LogP) is 5.13. The third-order valence-corrected chi connectivity index (χ3v) is 6.52. The molecule has 6 heteroatoms.